The molecule has 3 rings (SSSR count). The van der Waals surface area contributed by atoms with Gasteiger partial charge in [-0.3, -0.25) is 9.59 Å². The number of aryl methyl sites for hydroxylation is 3. The minimum Gasteiger partial charge on any atom is -0.481 e. The van der Waals surface area contributed by atoms with Crippen LogP contribution in [0.15, 0.2) is 54.6 Å². The average Bonchev–Trinajstić information content (AvgIpc) is 2.81. The number of rotatable bonds is 9. The molecule has 196 valence electrons. The number of ether oxygens (including phenoxy) is 1. The van der Waals surface area contributed by atoms with Gasteiger partial charge >= 0.3 is 12.1 Å². The van der Waals surface area contributed by atoms with Gasteiger partial charge in [0.15, 0.2) is 0 Å². The summed E-state index contributed by atoms with van der Waals surface area (Å²) >= 11 is 0. The molecule has 9 heteroatoms. The van der Waals surface area contributed by atoms with E-state index in [2.05, 4.69) is 5.32 Å². The Morgan fingerprint density at radius 2 is 1.73 bits per heavy atom. The highest BCUT2D eigenvalue weighted by Crippen LogP contribution is 2.31. The summed E-state index contributed by atoms with van der Waals surface area (Å²) in [6, 6.07) is 11.4. The molecule has 5 nitrogen and oxygen atoms in total. The number of halogens is 4. The molecule has 0 saturated heterocycles. The van der Waals surface area contributed by atoms with E-state index in [9.17, 15) is 27.2 Å². The number of amides is 1. The molecule has 0 fully saturated rings. The number of carboxylic acid groups (broad SMARTS) is 1. The molecule has 0 aliphatic rings. The van der Waals surface area contributed by atoms with Crippen LogP contribution in [0.2, 0.25) is 0 Å². The lowest BCUT2D eigenvalue weighted by Crippen LogP contribution is -2.27. The number of hydrogen-bond donors (Lipinski definition) is 2. The first kappa shape index (κ1) is 27.7. The van der Waals surface area contributed by atoms with Crippen LogP contribution in [0, 0.1) is 12.7 Å². The van der Waals surface area contributed by atoms with E-state index in [-0.39, 0.29) is 23.3 Å². The van der Waals surface area contributed by atoms with E-state index < -0.39 is 35.5 Å². The number of nitrogens with one attached hydrogen (secondary N) is 1. The maximum absolute atomic E-state index is 14.4. The van der Waals surface area contributed by atoms with Gasteiger partial charge in [0.1, 0.15) is 17.3 Å². The second kappa shape index (κ2) is 11.5. The van der Waals surface area contributed by atoms with Gasteiger partial charge in [-0.15, -0.1) is 0 Å². The summed E-state index contributed by atoms with van der Waals surface area (Å²) in [6.45, 7) is 4.98. The van der Waals surface area contributed by atoms with Crippen molar-refractivity contribution in [2.24, 2.45) is 0 Å². The van der Waals surface area contributed by atoms with Gasteiger partial charge in [-0.25, -0.2) is 4.39 Å². The van der Waals surface area contributed by atoms with Crippen LogP contribution in [-0.4, -0.2) is 17.0 Å². The second-order valence-corrected chi connectivity index (χ2v) is 8.72. The topological polar surface area (TPSA) is 75.6 Å². The van der Waals surface area contributed by atoms with E-state index in [0.29, 0.717) is 24.2 Å². The van der Waals surface area contributed by atoms with Crippen LogP contribution in [0.5, 0.6) is 11.5 Å². The Balaban J connectivity index is 1.76. The summed E-state index contributed by atoms with van der Waals surface area (Å²) in [5, 5.41) is 11.6. The van der Waals surface area contributed by atoms with Gasteiger partial charge < -0.3 is 15.2 Å². The Hall–Kier alpha value is -3.88. The first-order valence-corrected chi connectivity index (χ1v) is 11.7. The van der Waals surface area contributed by atoms with Crippen molar-refractivity contribution in [3.05, 3.63) is 93.8 Å². The lowest BCUT2D eigenvalue weighted by molar-refractivity contribution is -0.138. The first-order valence-electron chi connectivity index (χ1n) is 11.7. The fourth-order valence-corrected chi connectivity index (χ4v) is 3.96. The molecular formula is C28H27F4NO4. The lowest BCUT2D eigenvalue weighted by Gasteiger charge is -2.18. The average molecular weight is 518 g/mol. The SMILES string of the molecule is CCc1cc(Oc2cc(F)cc(C(C)NC(=O)c3ccc(C(F)(F)F)cc3C)c2)ccc1CCC(=O)O. The Kier molecular flexibility index (Phi) is 8.57. The molecule has 3 aromatic carbocycles. The van der Waals surface area contributed by atoms with Crippen LogP contribution in [0.25, 0.3) is 0 Å². The van der Waals surface area contributed by atoms with Crippen molar-refractivity contribution in [2.45, 2.75) is 52.3 Å². The van der Waals surface area contributed by atoms with E-state index in [1.54, 1.807) is 31.2 Å². The Labute approximate surface area is 212 Å². The summed E-state index contributed by atoms with van der Waals surface area (Å²) < 4.78 is 59.0. The highest BCUT2D eigenvalue weighted by molar-refractivity contribution is 5.96. The minimum atomic E-state index is -4.51. The molecule has 1 unspecified atom stereocenters. The maximum atomic E-state index is 14.4. The van der Waals surface area contributed by atoms with Crippen molar-refractivity contribution in [3.63, 3.8) is 0 Å². The van der Waals surface area contributed by atoms with Gasteiger partial charge in [0.2, 0.25) is 0 Å². The van der Waals surface area contributed by atoms with E-state index in [1.807, 2.05) is 6.92 Å². The molecule has 0 radical (unpaired) electrons. The quantitative estimate of drug-likeness (QED) is 0.299. The summed E-state index contributed by atoms with van der Waals surface area (Å²) in [4.78, 5) is 23.6. The van der Waals surface area contributed by atoms with Crippen LogP contribution in [0.4, 0.5) is 17.6 Å². The number of alkyl halides is 3. The third kappa shape index (κ3) is 7.31. The molecule has 37 heavy (non-hydrogen) atoms. The van der Waals surface area contributed by atoms with E-state index in [4.69, 9.17) is 9.84 Å². The molecular weight excluding hydrogens is 490 g/mol. The second-order valence-electron chi connectivity index (χ2n) is 8.72. The summed E-state index contributed by atoms with van der Waals surface area (Å²) in [7, 11) is 0. The summed E-state index contributed by atoms with van der Waals surface area (Å²) in [5.74, 6) is -1.42. The number of carboxylic acids is 1. The normalized spacial score (nSPS) is 12.2. The summed E-state index contributed by atoms with van der Waals surface area (Å²) in [5.41, 5.74) is 1.63. The highest BCUT2D eigenvalue weighted by Gasteiger charge is 2.31. The van der Waals surface area contributed by atoms with Crippen molar-refractivity contribution in [2.75, 3.05) is 0 Å². The van der Waals surface area contributed by atoms with Crippen molar-refractivity contribution in [3.8, 4) is 11.5 Å². The zero-order valence-electron chi connectivity index (χ0n) is 20.6. The highest BCUT2D eigenvalue weighted by atomic mass is 19.4. The Morgan fingerprint density at radius 1 is 1.00 bits per heavy atom. The van der Waals surface area contributed by atoms with Gasteiger partial charge in [0, 0.05) is 18.1 Å². The molecule has 0 spiro atoms. The first-order chi connectivity index (χ1) is 17.4. The van der Waals surface area contributed by atoms with Gasteiger partial charge in [-0.2, -0.15) is 13.2 Å². The predicted octanol–water partition coefficient (Wildman–Crippen LogP) is 7.02. The zero-order chi connectivity index (χ0) is 27.3. The molecule has 0 heterocycles. The van der Waals surface area contributed by atoms with Crippen LogP contribution < -0.4 is 10.1 Å². The maximum Gasteiger partial charge on any atom is 0.416 e. The fourth-order valence-electron chi connectivity index (χ4n) is 3.96. The third-order valence-electron chi connectivity index (χ3n) is 5.94. The zero-order valence-corrected chi connectivity index (χ0v) is 20.6. The molecule has 0 aromatic heterocycles. The van der Waals surface area contributed by atoms with Crippen molar-refractivity contribution < 1.29 is 37.0 Å². The Morgan fingerprint density at radius 3 is 2.35 bits per heavy atom. The van der Waals surface area contributed by atoms with Gasteiger partial charge in [-0.05, 0) is 91.4 Å². The molecule has 0 bridgehead atoms. The molecule has 2 N–H and O–H groups in total. The standard InChI is InChI=1S/C28H27F4NO4/c1-4-18-13-23(8-5-19(18)6-10-26(34)35)37-24-14-20(12-22(29)15-24)17(3)33-27(36)25-9-7-21(11-16(25)2)28(30,31)32/h5,7-9,11-15,17H,4,6,10H2,1-3H3,(H,33,36)(H,34,35). The van der Waals surface area contributed by atoms with E-state index in [1.165, 1.54) is 19.1 Å². The largest absolute Gasteiger partial charge is 0.481 e. The van der Waals surface area contributed by atoms with Crippen LogP contribution in [0.3, 0.4) is 0 Å². The summed E-state index contributed by atoms with van der Waals surface area (Å²) in [6.07, 6.45) is -3.46. The van der Waals surface area contributed by atoms with E-state index >= 15 is 0 Å². The predicted molar refractivity (Wildman–Crippen MR) is 130 cm³/mol. The number of aliphatic carboxylic acids is 1. The van der Waals surface area contributed by atoms with Gasteiger partial charge in [0.05, 0.1) is 11.6 Å². The lowest BCUT2D eigenvalue weighted by atomic mass is 10.0. The number of benzene rings is 3. The fraction of sp³-hybridized carbons (Fsp3) is 0.286. The van der Waals surface area contributed by atoms with Crippen molar-refractivity contribution in [1.29, 1.82) is 0 Å². The van der Waals surface area contributed by atoms with Crippen molar-refractivity contribution >= 4 is 11.9 Å². The van der Waals surface area contributed by atoms with Crippen LogP contribution >= 0.6 is 0 Å². The minimum absolute atomic E-state index is 0.00999. The van der Waals surface area contributed by atoms with Crippen LogP contribution in [-0.2, 0) is 23.8 Å². The molecule has 1 atom stereocenters. The Bertz CT molecular complexity index is 1300. The number of hydrogen-bond acceptors (Lipinski definition) is 3. The van der Waals surface area contributed by atoms with E-state index in [0.717, 1.165) is 29.3 Å². The number of carbonyl (C=O) groups is 2. The van der Waals surface area contributed by atoms with Gasteiger partial charge in [0.25, 0.3) is 5.91 Å². The molecule has 0 saturated carbocycles. The third-order valence-corrected chi connectivity index (χ3v) is 5.94. The van der Waals surface area contributed by atoms with Crippen LogP contribution in [0.1, 0.15) is 64.5 Å². The molecule has 1 amide bonds. The molecule has 3 aromatic rings. The van der Waals surface area contributed by atoms with Gasteiger partial charge in [-0.1, -0.05) is 13.0 Å². The molecule has 0 aliphatic carbocycles. The monoisotopic (exact) mass is 517 g/mol. The number of carbonyl (C=O) groups excluding carboxylic acids is 1. The molecule has 0 aliphatic heterocycles. The van der Waals surface area contributed by atoms with Crippen molar-refractivity contribution in [1.82, 2.24) is 5.32 Å². The smallest absolute Gasteiger partial charge is 0.416 e.